The molecule has 0 spiro atoms. The molecule has 0 bridgehead atoms. The van der Waals surface area contributed by atoms with Crippen LogP contribution in [0.5, 0.6) is 0 Å². The molecule has 10 nitrogen and oxygen atoms in total. The molecule has 184 valence electrons. The number of rotatable bonds is 8. The Hall–Kier alpha value is -3.18. The average molecular weight is 558 g/mol. The molecule has 4 aromatic rings. The minimum atomic E-state index is -0.491. The Bertz CT molecular complexity index is 1300. The van der Waals surface area contributed by atoms with E-state index < -0.39 is 4.92 Å². The molecule has 0 aliphatic heterocycles. The number of benzene rings is 1. The van der Waals surface area contributed by atoms with Crippen molar-refractivity contribution in [2.24, 2.45) is 0 Å². The van der Waals surface area contributed by atoms with Gasteiger partial charge in [0.2, 0.25) is 5.95 Å². The van der Waals surface area contributed by atoms with Gasteiger partial charge in [0, 0.05) is 42.1 Å². The highest BCUT2D eigenvalue weighted by Crippen LogP contribution is 2.33. The molecule has 4 rings (SSSR count). The minimum absolute atomic E-state index is 0. The number of hydrogen-bond acceptors (Lipinski definition) is 8. The average Bonchev–Trinajstić information content (AvgIpc) is 3.22. The number of aromatic nitrogens is 5. The first kappa shape index (κ1) is 28.1. The Kier molecular flexibility index (Phi) is 10.0. The number of anilines is 2. The van der Waals surface area contributed by atoms with Crippen LogP contribution in [0.1, 0.15) is 5.82 Å². The van der Waals surface area contributed by atoms with Gasteiger partial charge in [-0.25, -0.2) is 19.9 Å². The molecule has 0 atom stereocenters. The highest BCUT2D eigenvalue weighted by Gasteiger charge is 2.16. The number of nitro groups is 1. The predicted molar refractivity (Wildman–Crippen MR) is 142 cm³/mol. The van der Waals surface area contributed by atoms with Crippen LogP contribution < -0.4 is 10.6 Å². The van der Waals surface area contributed by atoms with Gasteiger partial charge in [0.1, 0.15) is 23.5 Å². The van der Waals surface area contributed by atoms with Crippen LogP contribution in [0.2, 0.25) is 10.0 Å². The quantitative estimate of drug-likeness (QED) is 0.162. The number of halogens is 4. The van der Waals surface area contributed by atoms with E-state index in [0.29, 0.717) is 46.2 Å². The SMILES string of the molecule is Cc1nccn1-c1cnc(NCCNc2ccc([N+](=O)[O-])cn2)nc1-c1ccc(Cl)cc1Cl.Cl.Cl. The van der Waals surface area contributed by atoms with Gasteiger partial charge in [-0.15, -0.1) is 24.8 Å². The Morgan fingerprint density at radius 2 is 1.80 bits per heavy atom. The molecule has 0 saturated heterocycles. The molecule has 0 saturated carbocycles. The van der Waals surface area contributed by atoms with E-state index in [1.54, 1.807) is 30.6 Å². The van der Waals surface area contributed by atoms with Crippen molar-refractivity contribution < 1.29 is 4.92 Å². The van der Waals surface area contributed by atoms with E-state index in [1.807, 2.05) is 23.8 Å². The van der Waals surface area contributed by atoms with Gasteiger partial charge in [0.05, 0.1) is 21.8 Å². The van der Waals surface area contributed by atoms with Gasteiger partial charge in [-0.2, -0.15) is 0 Å². The molecule has 3 aromatic heterocycles. The van der Waals surface area contributed by atoms with E-state index >= 15 is 0 Å². The molecular formula is C21H20Cl4N8O2. The molecule has 14 heteroatoms. The second kappa shape index (κ2) is 12.5. The third kappa shape index (κ3) is 6.70. The summed E-state index contributed by atoms with van der Waals surface area (Å²) >= 11 is 12.5. The maximum Gasteiger partial charge on any atom is 0.287 e. The molecule has 0 unspecified atom stereocenters. The Labute approximate surface area is 223 Å². The summed E-state index contributed by atoms with van der Waals surface area (Å²) in [5.41, 5.74) is 2.00. The van der Waals surface area contributed by atoms with E-state index in [1.165, 1.54) is 12.3 Å². The van der Waals surface area contributed by atoms with Crippen molar-refractivity contribution in [1.82, 2.24) is 24.5 Å². The molecule has 35 heavy (non-hydrogen) atoms. The lowest BCUT2D eigenvalue weighted by Gasteiger charge is -2.14. The van der Waals surface area contributed by atoms with Crippen molar-refractivity contribution in [1.29, 1.82) is 0 Å². The Morgan fingerprint density at radius 1 is 1.03 bits per heavy atom. The third-order valence-corrected chi connectivity index (χ3v) is 5.26. The molecule has 3 heterocycles. The predicted octanol–water partition coefficient (Wildman–Crippen LogP) is 5.62. The summed E-state index contributed by atoms with van der Waals surface area (Å²) in [7, 11) is 0. The van der Waals surface area contributed by atoms with Crippen LogP contribution in [0, 0.1) is 17.0 Å². The number of aryl methyl sites for hydroxylation is 1. The molecule has 0 radical (unpaired) electrons. The van der Waals surface area contributed by atoms with Gasteiger partial charge < -0.3 is 15.2 Å². The zero-order chi connectivity index (χ0) is 23.4. The van der Waals surface area contributed by atoms with Crippen molar-refractivity contribution in [2.75, 3.05) is 23.7 Å². The first-order chi connectivity index (χ1) is 15.9. The summed E-state index contributed by atoms with van der Waals surface area (Å²) in [5.74, 6) is 1.73. The lowest BCUT2D eigenvalue weighted by molar-refractivity contribution is -0.385. The third-order valence-electron chi connectivity index (χ3n) is 4.71. The van der Waals surface area contributed by atoms with Crippen LogP contribution in [0.4, 0.5) is 17.5 Å². The lowest BCUT2D eigenvalue weighted by Crippen LogP contribution is -2.16. The molecule has 0 amide bonds. The van der Waals surface area contributed by atoms with Crippen LogP contribution in [0.3, 0.4) is 0 Å². The topological polar surface area (TPSA) is 124 Å². The maximum absolute atomic E-state index is 10.7. The van der Waals surface area contributed by atoms with Crippen LogP contribution in [-0.2, 0) is 0 Å². The van der Waals surface area contributed by atoms with Crippen LogP contribution in [0.15, 0.2) is 55.1 Å². The molecule has 1 aromatic carbocycles. The van der Waals surface area contributed by atoms with E-state index in [0.717, 1.165) is 11.5 Å². The first-order valence-electron chi connectivity index (χ1n) is 9.83. The Morgan fingerprint density at radius 3 is 2.43 bits per heavy atom. The first-order valence-corrected chi connectivity index (χ1v) is 10.6. The fraction of sp³-hybridized carbons (Fsp3) is 0.143. The van der Waals surface area contributed by atoms with Gasteiger partial charge in [0.15, 0.2) is 0 Å². The number of nitrogens with one attached hydrogen (secondary N) is 2. The summed E-state index contributed by atoms with van der Waals surface area (Å²) in [5, 5.41) is 18.0. The van der Waals surface area contributed by atoms with Crippen LogP contribution in [0.25, 0.3) is 16.9 Å². The van der Waals surface area contributed by atoms with E-state index in [-0.39, 0.29) is 30.5 Å². The van der Waals surface area contributed by atoms with Crippen LogP contribution >= 0.6 is 48.0 Å². The molecule has 0 aliphatic rings. The number of nitrogens with zero attached hydrogens (tertiary/aromatic N) is 6. The number of imidazole rings is 1. The lowest BCUT2D eigenvalue weighted by atomic mass is 10.1. The van der Waals surface area contributed by atoms with E-state index in [4.69, 9.17) is 23.2 Å². The van der Waals surface area contributed by atoms with Crippen molar-refractivity contribution >= 4 is 65.5 Å². The zero-order valence-corrected chi connectivity index (χ0v) is 21.3. The summed E-state index contributed by atoms with van der Waals surface area (Å²) in [6, 6.07) is 8.18. The number of pyridine rings is 1. The summed E-state index contributed by atoms with van der Waals surface area (Å²) in [6.07, 6.45) is 6.44. The molecular weight excluding hydrogens is 538 g/mol. The summed E-state index contributed by atoms with van der Waals surface area (Å²) in [6.45, 7) is 2.86. The van der Waals surface area contributed by atoms with Gasteiger partial charge in [-0.1, -0.05) is 23.2 Å². The standard InChI is InChI=1S/C21H18Cl2N8O2.2ClH/c1-13-24-8-9-30(13)18-12-28-21(29-20(18)16-4-2-14(22)10-17(16)23)26-7-6-25-19-5-3-15(11-27-19)31(32)33;;/h2-5,8-12H,6-7H2,1H3,(H,25,27)(H,26,28,29);2*1H. The largest absolute Gasteiger partial charge is 0.368 e. The molecule has 0 fully saturated rings. The van der Waals surface area contributed by atoms with E-state index in [2.05, 4.69) is 30.6 Å². The fourth-order valence-corrected chi connectivity index (χ4v) is 3.61. The zero-order valence-electron chi connectivity index (χ0n) is 18.2. The molecule has 2 N–H and O–H groups in total. The maximum atomic E-state index is 10.7. The summed E-state index contributed by atoms with van der Waals surface area (Å²) < 4.78 is 1.88. The fourth-order valence-electron chi connectivity index (χ4n) is 3.11. The highest BCUT2D eigenvalue weighted by molar-refractivity contribution is 6.36. The summed E-state index contributed by atoms with van der Waals surface area (Å²) in [4.78, 5) is 27.6. The highest BCUT2D eigenvalue weighted by atomic mass is 35.5. The van der Waals surface area contributed by atoms with Gasteiger partial charge >= 0.3 is 0 Å². The second-order valence-corrected chi connectivity index (χ2v) is 7.75. The number of hydrogen-bond donors (Lipinski definition) is 2. The Balaban J connectivity index is 0.00000216. The smallest absolute Gasteiger partial charge is 0.287 e. The van der Waals surface area contributed by atoms with Gasteiger partial charge in [0.25, 0.3) is 5.69 Å². The van der Waals surface area contributed by atoms with Crippen molar-refractivity contribution in [3.8, 4) is 16.9 Å². The van der Waals surface area contributed by atoms with Gasteiger partial charge in [-0.3, -0.25) is 10.1 Å². The van der Waals surface area contributed by atoms with Crippen molar-refractivity contribution in [3.05, 3.63) is 81.1 Å². The molecule has 0 aliphatic carbocycles. The van der Waals surface area contributed by atoms with E-state index in [9.17, 15) is 10.1 Å². The monoisotopic (exact) mass is 556 g/mol. The second-order valence-electron chi connectivity index (χ2n) is 6.91. The normalized spacial score (nSPS) is 10.1. The minimum Gasteiger partial charge on any atom is -0.368 e. The van der Waals surface area contributed by atoms with Crippen molar-refractivity contribution in [2.45, 2.75) is 6.92 Å². The van der Waals surface area contributed by atoms with Gasteiger partial charge in [-0.05, 0) is 31.2 Å². The van der Waals surface area contributed by atoms with Crippen molar-refractivity contribution in [3.63, 3.8) is 0 Å². The van der Waals surface area contributed by atoms with Crippen LogP contribution in [-0.4, -0.2) is 42.5 Å².